The molecular weight excluding hydrogens is 175 g/mol. The molecule has 0 heterocycles. The van der Waals surface area contributed by atoms with Crippen molar-refractivity contribution >= 4 is 0 Å². The third-order valence-corrected chi connectivity index (χ3v) is 3.04. The van der Waals surface area contributed by atoms with Crippen molar-refractivity contribution in [2.24, 2.45) is 0 Å². The van der Waals surface area contributed by atoms with Gasteiger partial charge in [-0.3, -0.25) is 0 Å². The summed E-state index contributed by atoms with van der Waals surface area (Å²) in [5.74, 6) is -0.0819. The van der Waals surface area contributed by atoms with E-state index in [1.165, 1.54) is 0 Å². The smallest absolute Gasteiger partial charge is 0.127 e. The Morgan fingerprint density at radius 1 is 1.29 bits per heavy atom. The molecular formula is C13H15F. The molecule has 0 radical (unpaired) electrons. The molecule has 1 heteroatoms. The second-order valence-electron chi connectivity index (χ2n) is 4.19. The average Bonchev–Trinajstić information content (AvgIpc) is 2.19. The molecule has 1 atom stereocenters. The molecule has 0 nitrogen and oxygen atoms in total. The molecule has 0 saturated carbocycles. The second-order valence-corrected chi connectivity index (χ2v) is 4.19. The molecule has 1 aromatic carbocycles. The van der Waals surface area contributed by atoms with Crippen molar-refractivity contribution in [3.63, 3.8) is 0 Å². The maximum absolute atomic E-state index is 13.6. The van der Waals surface area contributed by atoms with E-state index >= 15 is 0 Å². The van der Waals surface area contributed by atoms with Crippen molar-refractivity contribution in [1.29, 1.82) is 0 Å². The Labute approximate surface area is 84.5 Å². The fourth-order valence-electron chi connectivity index (χ4n) is 2.16. The van der Waals surface area contributed by atoms with Crippen LogP contribution >= 0.6 is 0 Å². The molecule has 0 aliphatic heterocycles. The largest absolute Gasteiger partial charge is 0.207 e. The van der Waals surface area contributed by atoms with E-state index in [0.29, 0.717) is 0 Å². The van der Waals surface area contributed by atoms with Gasteiger partial charge in [-0.2, -0.15) is 0 Å². The maximum Gasteiger partial charge on any atom is 0.127 e. The fourth-order valence-corrected chi connectivity index (χ4v) is 2.16. The molecule has 0 saturated heterocycles. The van der Waals surface area contributed by atoms with E-state index in [2.05, 4.69) is 19.1 Å². The van der Waals surface area contributed by atoms with E-state index < -0.39 is 0 Å². The van der Waals surface area contributed by atoms with Gasteiger partial charge in [0.15, 0.2) is 0 Å². The molecule has 0 unspecified atom stereocenters. The van der Waals surface area contributed by atoms with Crippen LogP contribution in [0.25, 0.3) is 0 Å². The van der Waals surface area contributed by atoms with Crippen LogP contribution in [0.15, 0.2) is 36.4 Å². The minimum Gasteiger partial charge on any atom is -0.207 e. The number of hydrogen-bond acceptors (Lipinski definition) is 0. The number of benzene rings is 1. The summed E-state index contributed by atoms with van der Waals surface area (Å²) in [6, 6.07) is 7.09. The van der Waals surface area contributed by atoms with Crippen LogP contribution in [0.1, 0.15) is 31.7 Å². The summed E-state index contributed by atoms with van der Waals surface area (Å²) in [6.07, 6.45) is 7.64. The fraction of sp³-hybridized carbons (Fsp3) is 0.385. The van der Waals surface area contributed by atoms with Crippen molar-refractivity contribution in [2.75, 3.05) is 0 Å². The number of hydrogen-bond donors (Lipinski definition) is 0. The molecule has 0 bridgehead atoms. The molecule has 1 aliphatic rings. The molecule has 14 heavy (non-hydrogen) atoms. The van der Waals surface area contributed by atoms with Crippen LogP contribution < -0.4 is 0 Å². The second kappa shape index (κ2) is 3.56. The first-order chi connectivity index (χ1) is 6.72. The molecule has 2 rings (SSSR count). The van der Waals surface area contributed by atoms with E-state index in [4.69, 9.17) is 0 Å². The Bertz CT molecular complexity index is 354. The van der Waals surface area contributed by atoms with Gasteiger partial charge in [-0.15, -0.1) is 0 Å². The van der Waals surface area contributed by atoms with Gasteiger partial charge in [-0.05, 0) is 30.9 Å². The van der Waals surface area contributed by atoms with Gasteiger partial charge in [-0.1, -0.05) is 37.3 Å². The summed E-state index contributed by atoms with van der Waals surface area (Å²) in [6.45, 7) is 2.11. The van der Waals surface area contributed by atoms with Crippen molar-refractivity contribution in [3.05, 3.63) is 47.8 Å². The summed E-state index contributed by atoms with van der Waals surface area (Å²) in [5, 5.41) is 0. The molecule has 1 aliphatic carbocycles. The van der Waals surface area contributed by atoms with Crippen LogP contribution in [0.5, 0.6) is 0 Å². The highest BCUT2D eigenvalue weighted by molar-refractivity contribution is 5.32. The standard InChI is InChI=1S/C13H15F/c1-13(9-5-2-6-10-13)11-7-3-4-8-12(11)14/h3-5,7-9H,2,6,10H2,1H3/t13-/m0/s1. The van der Waals surface area contributed by atoms with Gasteiger partial charge < -0.3 is 0 Å². The van der Waals surface area contributed by atoms with E-state index in [-0.39, 0.29) is 11.2 Å². The lowest BCUT2D eigenvalue weighted by Gasteiger charge is -2.29. The van der Waals surface area contributed by atoms with Crippen LogP contribution in [0.3, 0.4) is 0 Å². The van der Waals surface area contributed by atoms with Crippen molar-refractivity contribution in [2.45, 2.75) is 31.6 Å². The van der Waals surface area contributed by atoms with Crippen molar-refractivity contribution in [1.82, 2.24) is 0 Å². The number of halogens is 1. The van der Waals surface area contributed by atoms with Crippen LogP contribution in [0.2, 0.25) is 0 Å². The molecule has 0 fully saturated rings. The first-order valence-corrected chi connectivity index (χ1v) is 5.15. The van der Waals surface area contributed by atoms with Gasteiger partial charge in [0, 0.05) is 5.41 Å². The van der Waals surface area contributed by atoms with Crippen LogP contribution in [0, 0.1) is 5.82 Å². The topological polar surface area (TPSA) is 0 Å². The lowest BCUT2D eigenvalue weighted by Crippen LogP contribution is -2.22. The number of rotatable bonds is 1. The summed E-state index contributed by atoms with van der Waals surface area (Å²) in [4.78, 5) is 0. The predicted octanol–water partition coefficient (Wildman–Crippen LogP) is 3.82. The Balaban J connectivity index is 2.43. The molecule has 0 spiro atoms. The van der Waals surface area contributed by atoms with Gasteiger partial charge in [0.05, 0.1) is 0 Å². The third-order valence-electron chi connectivity index (χ3n) is 3.04. The zero-order chi connectivity index (χ0) is 10.0. The van der Waals surface area contributed by atoms with Gasteiger partial charge in [0.2, 0.25) is 0 Å². The summed E-state index contributed by atoms with van der Waals surface area (Å²) >= 11 is 0. The molecule has 1 aromatic rings. The van der Waals surface area contributed by atoms with E-state index in [0.717, 1.165) is 24.8 Å². The monoisotopic (exact) mass is 190 g/mol. The van der Waals surface area contributed by atoms with Gasteiger partial charge in [-0.25, -0.2) is 4.39 Å². The highest BCUT2D eigenvalue weighted by Gasteiger charge is 2.27. The Hall–Kier alpha value is -1.11. The van der Waals surface area contributed by atoms with Gasteiger partial charge in [0.1, 0.15) is 5.82 Å². The van der Waals surface area contributed by atoms with Crippen LogP contribution in [-0.2, 0) is 5.41 Å². The van der Waals surface area contributed by atoms with Crippen LogP contribution in [0.4, 0.5) is 4.39 Å². The quantitative estimate of drug-likeness (QED) is 0.590. The average molecular weight is 190 g/mol. The summed E-state index contributed by atoms with van der Waals surface area (Å²) in [7, 11) is 0. The summed E-state index contributed by atoms with van der Waals surface area (Å²) in [5.41, 5.74) is 0.736. The highest BCUT2D eigenvalue weighted by Crippen LogP contribution is 2.35. The number of allylic oxidation sites excluding steroid dienone is 2. The zero-order valence-corrected chi connectivity index (χ0v) is 8.46. The Morgan fingerprint density at radius 3 is 2.71 bits per heavy atom. The first kappa shape index (κ1) is 9.45. The minimum absolute atomic E-state index is 0.0819. The van der Waals surface area contributed by atoms with Crippen LogP contribution in [-0.4, -0.2) is 0 Å². The molecule has 0 N–H and O–H groups in total. The van der Waals surface area contributed by atoms with Crippen molar-refractivity contribution in [3.8, 4) is 0 Å². The maximum atomic E-state index is 13.6. The summed E-state index contributed by atoms with van der Waals surface area (Å²) < 4.78 is 13.6. The highest BCUT2D eigenvalue weighted by atomic mass is 19.1. The van der Waals surface area contributed by atoms with E-state index in [1.807, 2.05) is 12.1 Å². The molecule has 74 valence electrons. The van der Waals surface area contributed by atoms with Gasteiger partial charge in [0.25, 0.3) is 0 Å². The minimum atomic E-state index is -0.0937. The van der Waals surface area contributed by atoms with E-state index in [1.54, 1.807) is 12.1 Å². The predicted molar refractivity (Wildman–Crippen MR) is 56.7 cm³/mol. The lowest BCUT2D eigenvalue weighted by molar-refractivity contribution is 0.466. The first-order valence-electron chi connectivity index (χ1n) is 5.15. The normalized spacial score (nSPS) is 26.4. The zero-order valence-electron chi connectivity index (χ0n) is 8.46. The van der Waals surface area contributed by atoms with E-state index in [9.17, 15) is 4.39 Å². The molecule has 0 aromatic heterocycles. The van der Waals surface area contributed by atoms with Gasteiger partial charge >= 0.3 is 0 Å². The SMILES string of the molecule is C[C@]1(c2ccccc2F)C=CCCC1. The van der Waals surface area contributed by atoms with Crippen molar-refractivity contribution < 1.29 is 4.39 Å². The Kier molecular flexibility index (Phi) is 2.40. The lowest BCUT2D eigenvalue weighted by atomic mass is 9.75. The third kappa shape index (κ3) is 1.59. The molecule has 0 amide bonds. The Morgan fingerprint density at radius 2 is 2.07 bits per heavy atom.